The molecule has 0 bridgehead atoms. The first-order chi connectivity index (χ1) is 15.2. The number of hydrogen-bond donors (Lipinski definition) is 3. The van der Waals surface area contributed by atoms with Crippen molar-refractivity contribution < 1.29 is 27.5 Å². The van der Waals surface area contributed by atoms with Crippen molar-refractivity contribution >= 4 is 28.8 Å². The highest BCUT2D eigenvalue weighted by atomic mass is 19.4. The van der Waals surface area contributed by atoms with E-state index in [-0.39, 0.29) is 36.6 Å². The lowest BCUT2D eigenvalue weighted by atomic mass is 10.0. The van der Waals surface area contributed by atoms with Crippen LogP contribution >= 0.6 is 0 Å². The minimum absolute atomic E-state index is 0.103. The summed E-state index contributed by atoms with van der Waals surface area (Å²) in [5.41, 5.74) is 0.875. The Morgan fingerprint density at radius 1 is 1.44 bits per heavy atom. The number of fused-ring (bicyclic) bond motifs is 1. The van der Waals surface area contributed by atoms with Gasteiger partial charge in [0.15, 0.2) is 5.65 Å². The molecule has 2 aromatic rings. The van der Waals surface area contributed by atoms with Gasteiger partial charge in [0.05, 0.1) is 23.9 Å². The SMILES string of the molecule is C=CC(=O)N1CC[C@H](Nc2cnc3[nH]cc(C(=O)NCCCC(F)(F)F)c3n2)C(OC)C1. The number of likely N-dealkylation sites (tertiary alicyclic amines) is 1. The molecule has 2 atom stereocenters. The first kappa shape index (κ1) is 23.5. The number of rotatable bonds is 8. The fourth-order valence-corrected chi connectivity index (χ4v) is 3.56. The van der Waals surface area contributed by atoms with E-state index >= 15 is 0 Å². The van der Waals surface area contributed by atoms with Gasteiger partial charge in [0.25, 0.3) is 5.91 Å². The molecule has 32 heavy (non-hydrogen) atoms. The molecular formula is C20H25F3N6O3. The van der Waals surface area contributed by atoms with Crippen molar-refractivity contribution in [2.45, 2.75) is 37.6 Å². The van der Waals surface area contributed by atoms with Gasteiger partial charge >= 0.3 is 6.18 Å². The maximum atomic E-state index is 12.4. The van der Waals surface area contributed by atoms with Crippen LogP contribution in [0.25, 0.3) is 11.2 Å². The average molecular weight is 454 g/mol. The van der Waals surface area contributed by atoms with Gasteiger partial charge in [0, 0.05) is 39.4 Å². The number of piperidine rings is 1. The molecule has 1 fully saturated rings. The Balaban J connectivity index is 1.67. The Morgan fingerprint density at radius 2 is 2.22 bits per heavy atom. The summed E-state index contributed by atoms with van der Waals surface area (Å²) in [5.74, 6) is -0.278. The number of alkyl halides is 3. The van der Waals surface area contributed by atoms with E-state index in [1.54, 1.807) is 12.0 Å². The van der Waals surface area contributed by atoms with Crippen LogP contribution in [0, 0.1) is 0 Å². The zero-order chi connectivity index (χ0) is 23.3. The fraction of sp³-hybridized carbons (Fsp3) is 0.500. The number of nitrogens with one attached hydrogen (secondary N) is 3. The van der Waals surface area contributed by atoms with Gasteiger partial charge in [-0.25, -0.2) is 9.97 Å². The number of carbonyl (C=O) groups is 2. The number of amides is 2. The standard InChI is InChI=1S/C20H25F3N6O3/c1-3-16(30)29-8-5-13(14(11-29)32-2)27-15-10-26-18-17(28-15)12(9-25-18)19(31)24-7-4-6-20(21,22)23/h3,9-10,13-14H,1,4-8,11H2,2H3,(H,24,31)(H,25,26)(H,27,28)/t13-,14?/m0/s1. The van der Waals surface area contributed by atoms with Crippen molar-refractivity contribution in [2.75, 3.05) is 32.1 Å². The van der Waals surface area contributed by atoms with Gasteiger partial charge in [-0.2, -0.15) is 13.2 Å². The van der Waals surface area contributed by atoms with Crippen LogP contribution in [0.3, 0.4) is 0 Å². The van der Waals surface area contributed by atoms with Crippen molar-refractivity contribution in [3.05, 3.63) is 30.6 Å². The molecule has 12 heteroatoms. The number of hydrogen-bond acceptors (Lipinski definition) is 6. The van der Waals surface area contributed by atoms with Crippen LogP contribution < -0.4 is 10.6 Å². The van der Waals surface area contributed by atoms with E-state index in [2.05, 4.69) is 32.2 Å². The molecule has 9 nitrogen and oxygen atoms in total. The lowest BCUT2D eigenvalue weighted by Gasteiger charge is -2.37. The largest absolute Gasteiger partial charge is 0.389 e. The third-order valence-electron chi connectivity index (χ3n) is 5.23. The minimum Gasteiger partial charge on any atom is -0.377 e. The van der Waals surface area contributed by atoms with Crippen LogP contribution in [-0.2, 0) is 9.53 Å². The van der Waals surface area contributed by atoms with E-state index in [1.807, 2.05) is 0 Å². The zero-order valence-electron chi connectivity index (χ0n) is 17.5. The first-order valence-electron chi connectivity index (χ1n) is 10.1. The lowest BCUT2D eigenvalue weighted by Crippen LogP contribution is -2.52. The fourth-order valence-electron chi connectivity index (χ4n) is 3.56. The summed E-state index contributed by atoms with van der Waals surface area (Å²) in [5, 5.41) is 5.72. The van der Waals surface area contributed by atoms with E-state index in [1.165, 1.54) is 18.5 Å². The predicted octanol–water partition coefficient (Wildman–Crippen LogP) is 2.24. The molecule has 2 amide bonds. The molecular weight excluding hydrogens is 429 g/mol. The van der Waals surface area contributed by atoms with Crippen molar-refractivity contribution in [3.63, 3.8) is 0 Å². The highest BCUT2D eigenvalue weighted by molar-refractivity contribution is 6.04. The Bertz CT molecular complexity index is 977. The van der Waals surface area contributed by atoms with E-state index in [9.17, 15) is 22.8 Å². The molecule has 1 saturated heterocycles. The number of aromatic nitrogens is 3. The second kappa shape index (κ2) is 9.98. The molecule has 0 saturated carbocycles. The van der Waals surface area contributed by atoms with Crippen LogP contribution in [-0.4, -0.2) is 76.7 Å². The lowest BCUT2D eigenvalue weighted by molar-refractivity contribution is -0.135. The number of ether oxygens (including phenoxy) is 1. The quantitative estimate of drug-likeness (QED) is 0.417. The van der Waals surface area contributed by atoms with Crippen LogP contribution in [0.2, 0.25) is 0 Å². The highest BCUT2D eigenvalue weighted by Gasteiger charge is 2.31. The molecule has 174 valence electrons. The van der Waals surface area contributed by atoms with E-state index < -0.39 is 18.5 Å². The summed E-state index contributed by atoms with van der Waals surface area (Å²) < 4.78 is 42.3. The molecule has 3 N–H and O–H groups in total. The van der Waals surface area contributed by atoms with Gasteiger partial charge in [0.1, 0.15) is 11.3 Å². The van der Waals surface area contributed by atoms with Gasteiger partial charge in [0.2, 0.25) is 5.91 Å². The average Bonchev–Trinajstić information content (AvgIpc) is 3.19. The van der Waals surface area contributed by atoms with E-state index in [0.29, 0.717) is 36.5 Å². The molecule has 1 aliphatic rings. The molecule has 1 unspecified atom stereocenters. The zero-order valence-corrected chi connectivity index (χ0v) is 17.5. The highest BCUT2D eigenvalue weighted by Crippen LogP contribution is 2.22. The van der Waals surface area contributed by atoms with Crippen molar-refractivity contribution in [2.24, 2.45) is 0 Å². The van der Waals surface area contributed by atoms with Crippen molar-refractivity contribution in [1.82, 2.24) is 25.2 Å². The summed E-state index contributed by atoms with van der Waals surface area (Å²) in [6, 6.07) is -0.140. The third-order valence-corrected chi connectivity index (χ3v) is 5.23. The van der Waals surface area contributed by atoms with E-state index in [0.717, 1.165) is 0 Å². The summed E-state index contributed by atoms with van der Waals surface area (Å²) in [6.45, 7) is 4.31. The normalized spacial score (nSPS) is 19.1. The predicted molar refractivity (Wildman–Crippen MR) is 111 cm³/mol. The van der Waals surface area contributed by atoms with Gasteiger partial charge in [-0.3, -0.25) is 9.59 Å². The molecule has 0 radical (unpaired) electrons. The second-order valence-electron chi connectivity index (χ2n) is 7.43. The molecule has 3 heterocycles. The monoisotopic (exact) mass is 454 g/mol. The maximum Gasteiger partial charge on any atom is 0.389 e. The molecule has 0 spiro atoms. The van der Waals surface area contributed by atoms with Crippen LogP contribution in [0.4, 0.5) is 19.0 Å². The number of anilines is 1. The molecule has 3 rings (SSSR count). The second-order valence-corrected chi connectivity index (χ2v) is 7.43. The minimum atomic E-state index is -4.26. The number of H-pyrrole nitrogens is 1. The summed E-state index contributed by atoms with van der Waals surface area (Å²) in [6.07, 6.45) is -0.907. The smallest absolute Gasteiger partial charge is 0.377 e. The number of nitrogens with zero attached hydrogens (tertiary/aromatic N) is 3. The number of carbonyl (C=O) groups excluding carboxylic acids is 2. The number of halogens is 3. The topological polar surface area (TPSA) is 112 Å². The first-order valence-corrected chi connectivity index (χ1v) is 10.1. The Labute approximate surface area is 182 Å². The van der Waals surface area contributed by atoms with Crippen molar-refractivity contribution in [3.8, 4) is 0 Å². The summed E-state index contributed by atoms with van der Waals surface area (Å²) in [4.78, 5) is 37.5. The summed E-state index contributed by atoms with van der Waals surface area (Å²) >= 11 is 0. The van der Waals surface area contributed by atoms with Gasteiger partial charge < -0.3 is 25.3 Å². The van der Waals surface area contributed by atoms with E-state index in [4.69, 9.17) is 4.74 Å². The third kappa shape index (κ3) is 5.75. The van der Waals surface area contributed by atoms with Gasteiger partial charge in [-0.05, 0) is 18.9 Å². The molecule has 0 aliphatic carbocycles. The van der Waals surface area contributed by atoms with Gasteiger partial charge in [-0.1, -0.05) is 6.58 Å². The van der Waals surface area contributed by atoms with Gasteiger partial charge in [-0.15, -0.1) is 0 Å². The summed E-state index contributed by atoms with van der Waals surface area (Å²) in [7, 11) is 1.56. The Kier molecular flexibility index (Phi) is 7.33. The molecule has 0 aromatic carbocycles. The number of aromatic amines is 1. The Hall–Kier alpha value is -3.15. The molecule has 2 aromatic heterocycles. The van der Waals surface area contributed by atoms with Crippen LogP contribution in [0.1, 0.15) is 29.6 Å². The van der Waals surface area contributed by atoms with Crippen LogP contribution in [0.5, 0.6) is 0 Å². The van der Waals surface area contributed by atoms with Crippen LogP contribution in [0.15, 0.2) is 25.0 Å². The number of methoxy groups -OCH3 is 1. The molecule has 1 aliphatic heterocycles. The van der Waals surface area contributed by atoms with Crippen molar-refractivity contribution in [1.29, 1.82) is 0 Å². The maximum absolute atomic E-state index is 12.4. The Morgan fingerprint density at radius 3 is 2.91 bits per heavy atom.